The standard InChI is InChI=1S/C15H19NO3/c1-10(2-3-11-4-5-11)16-14(17)12-6-8-13(9-7-12)15(18)19/h6-11H,2-5H2,1H3,(H,16,17)(H,18,19). The lowest BCUT2D eigenvalue weighted by Gasteiger charge is -2.13. The van der Waals surface area contributed by atoms with Crippen molar-refractivity contribution in [1.82, 2.24) is 5.32 Å². The molecule has 4 heteroatoms. The molecule has 4 nitrogen and oxygen atoms in total. The van der Waals surface area contributed by atoms with Crippen molar-refractivity contribution in [2.45, 2.75) is 38.6 Å². The molecule has 1 aliphatic rings. The fourth-order valence-electron chi connectivity index (χ4n) is 2.04. The first kappa shape index (κ1) is 13.6. The third-order valence-electron chi connectivity index (χ3n) is 3.48. The zero-order valence-electron chi connectivity index (χ0n) is 11.1. The molecule has 1 aromatic rings. The van der Waals surface area contributed by atoms with E-state index in [9.17, 15) is 9.59 Å². The summed E-state index contributed by atoms with van der Waals surface area (Å²) in [7, 11) is 0. The fraction of sp³-hybridized carbons (Fsp3) is 0.467. The van der Waals surface area contributed by atoms with Crippen LogP contribution in [0.1, 0.15) is 53.3 Å². The van der Waals surface area contributed by atoms with Crippen molar-refractivity contribution in [3.8, 4) is 0 Å². The van der Waals surface area contributed by atoms with Gasteiger partial charge in [0.1, 0.15) is 0 Å². The molecule has 0 radical (unpaired) electrons. The molecule has 19 heavy (non-hydrogen) atoms. The van der Waals surface area contributed by atoms with Crippen LogP contribution >= 0.6 is 0 Å². The third-order valence-corrected chi connectivity index (χ3v) is 3.48. The van der Waals surface area contributed by atoms with Gasteiger partial charge < -0.3 is 10.4 Å². The average molecular weight is 261 g/mol. The van der Waals surface area contributed by atoms with Gasteiger partial charge in [-0.25, -0.2) is 4.79 Å². The van der Waals surface area contributed by atoms with E-state index in [1.807, 2.05) is 6.92 Å². The molecule has 1 amide bonds. The lowest BCUT2D eigenvalue weighted by molar-refractivity contribution is 0.0696. The van der Waals surface area contributed by atoms with Gasteiger partial charge in [0.25, 0.3) is 5.91 Å². The Morgan fingerprint density at radius 3 is 2.37 bits per heavy atom. The number of carbonyl (C=O) groups excluding carboxylic acids is 1. The van der Waals surface area contributed by atoms with Crippen LogP contribution in [0.25, 0.3) is 0 Å². The molecule has 1 aromatic carbocycles. The molecular formula is C15H19NO3. The van der Waals surface area contributed by atoms with Gasteiger partial charge >= 0.3 is 5.97 Å². The number of carbonyl (C=O) groups is 2. The Bertz CT molecular complexity index is 463. The van der Waals surface area contributed by atoms with E-state index in [4.69, 9.17) is 5.11 Å². The van der Waals surface area contributed by atoms with Crippen LogP contribution in [0.3, 0.4) is 0 Å². The zero-order valence-corrected chi connectivity index (χ0v) is 11.1. The van der Waals surface area contributed by atoms with Gasteiger partial charge in [-0.05, 0) is 49.9 Å². The molecule has 0 bridgehead atoms. The van der Waals surface area contributed by atoms with E-state index < -0.39 is 5.97 Å². The van der Waals surface area contributed by atoms with Crippen LogP contribution < -0.4 is 5.32 Å². The van der Waals surface area contributed by atoms with Crippen LogP contribution in [0.15, 0.2) is 24.3 Å². The van der Waals surface area contributed by atoms with Gasteiger partial charge in [-0.2, -0.15) is 0 Å². The quantitative estimate of drug-likeness (QED) is 0.827. The minimum atomic E-state index is -0.982. The number of carboxylic acids is 1. The molecule has 0 saturated heterocycles. The molecule has 1 unspecified atom stereocenters. The summed E-state index contributed by atoms with van der Waals surface area (Å²) in [6.07, 6.45) is 4.84. The highest BCUT2D eigenvalue weighted by molar-refractivity contribution is 5.96. The Morgan fingerprint density at radius 1 is 1.26 bits per heavy atom. The van der Waals surface area contributed by atoms with Crippen molar-refractivity contribution in [3.63, 3.8) is 0 Å². The number of benzene rings is 1. The second-order valence-electron chi connectivity index (χ2n) is 5.28. The topological polar surface area (TPSA) is 66.4 Å². The van der Waals surface area contributed by atoms with Crippen LogP contribution in [0.5, 0.6) is 0 Å². The van der Waals surface area contributed by atoms with Crippen molar-refractivity contribution in [2.75, 3.05) is 0 Å². The summed E-state index contributed by atoms with van der Waals surface area (Å²) in [5, 5.41) is 11.7. The SMILES string of the molecule is CC(CCC1CC1)NC(=O)c1ccc(C(=O)O)cc1. The van der Waals surface area contributed by atoms with Crippen molar-refractivity contribution in [2.24, 2.45) is 5.92 Å². The second-order valence-corrected chi connectivity index (χ2v) is 5.28. The highest BCUT2D eigenvalue weighted by atomic mass is 16.4. The molecule has 0 spiro atoms. The zero-order chi connectivity index (χ0) is 13.8. The first-order valence-corrected chi connectivity index (χ1v) is 6.70. The molecule has 0 aliphatic heterocycles. The highest BCUT2D eigenvalue weighted by Gasteiger charge is 2.22. The summed E-state index contributed by atoms with van der Waals surface area (Å²) < 4.78 is 0. The Kier molecular flexibility index (Phi) is 4.20. The first-order valence-electron chi connectivity index (χ1n) is 6.70. The molecule has 1 atom stereocenters. The number of hydrogen-bond donors (Lipinski definition) is 2. The highest BCUT2D eigenvalue weighted by Crippen LogP contribution is 2.33. The third kappa shape index (κ3) is 4.09. The number of amides is 1. The molecule has 1 fully saturated rings. The summed E-state index contributed by atoms with van der Waals surface area (Å²) in [6.45, 7) is 2.01. The van der Waals surface area contributed by atoms with Crippen molar-refractivity contribution < 1.29 is 14.7 Å². The molecule has 0 heterocycles. The maximum absolute atomic E-state index is 11.9. The van der Waals surface area contributed by atoms with Crippen molar-refractivity contribution in [1.29, 1.82) is 0 Å². The predicted molar refractivity (Wildman–Crippen MR) is 72.3 cm³/mol. The normalized spacial score (nSPS) is 15.8. The van der Waals surface area contributed by atoms with Crippen LogP contribution in [-0.4, -0.2) is 23.0 Å². The lowest BCUT2D eigenvalue weighted by Crippen LogP contribution is -2.32. The van der Waals surface area contributed by atoms with Gasteiger partial charge in [-0.3, -0.25) is 4.79 Å². The molecule has 2 N–H and O–H groups in total. The number of aromatic carboxylic acids is 1. The Balaban J connectivity index is 1.85. The van der Waals surface area contributed by atoms with Crippen molar-refractivity contribution >= 4 is 11.9 Å². The van der Waals surface area contributed by atoms with E-state index in [1.165, 1.54) is 31.4 Å². The van der Waals surface area contributed by atoms with Gasteiger partial charge in [0, 0.05) is 11.6 Å². The maximum atomic E-state index is 11.9. The van der Waals surface area contributed by atoms with E-state index in [-0.39, 0.29) is 17.5 Å². The van der Waals surface area contributed by atoms with Crippen LogP contribution in [0, 0.1) is 5.92 Å². The Morgan fingerprint density at radius 2 is 1.84 bits per heavy atom. The maximum Gasteiger partial charge on any atom is 0.335 e. The minimum Gasteiger partial charge on any atom is -0.478 e. The van der Waals surface area contributed by atoms with Gasteiger partial charge in [-0.1, -0.05) is 12.8 Å². The van der Waals surface area contributed by atoms with Crippen LogP contribution in [0.4, 0.5) is 0 Å². The minimum absolute atomic E-state index is 0.139. The van der Waals surface area contributed by atoms with E-state index >= 15 is 0 Å². The smallest absolute Gasteiger partial charge is 0.335 e. The van der Waals surface area contributed by atoms with Crippen molar-refractivity contribution in [3.05, 3.63) is 35.4 Å². The Hall–Kier alpha value is -1.84. The second kappa shape index (κ2) is 5.87. The largest absolute Gasteiger partial charge is 0.478 e. The monoisotopic (exact) mass is 261 g/mol. The summed E-state index contributed by atoms with van der Waals surface area (Å²) >= 11 is 0. The van der Waals surface area contributed by atoms with Gasteiger partial charge in [-0.15, -0.1) is 0 Å². The van der Waals surface area contributed by atoms with Gasteiger partial charge in [0.05, 0.1) is 5.56 Å². The van der Waals surface area contributed by atoms with Crippen LogP contribution in [-0.2, 0) is 0 Å². The first-order chi connectivity index (χ1) is 9.06. The van der Waals surface area contributed by atoms with E-state index in [1.54, 1.807) is 12.1 Å². The van der Waals surface area contributed by atoms with Gasteiger partial charge in [0.15, 0.2) is 0 Å². The molecule has 102 valence electrons. The van der Waals surface area contributed by atoms with Gasteiger partial charge in [0.2, 0.25) is 0 Å². The summed E-state index contributed by atoms with van der Waals surface area (Å²) in [6, 6.07) is 6.16. The summed E-state index contributed by atoms with van der Waals surface area (Å²) in [4.78, 5) is 22.7. The molecule has 1 aliphatic carbocycles. The van der Waals surface area contributed by atoms with Crippen LogP contribution in [0.2, 0.25) is 0 Å². The molecule has 2 rings (SSSR count). The van der Waals surface area contributed by atoms with E-state index in [2.05, 4.69) is 5.32 Å². The predicted octanol–water partition coefficient (Wildman–Crippen LogP) is 2.69. The number of hydrogen-bond acceptors (Lipinski definition) is 2. The summed E-state index contributed by atoms with van der Waals surface area (Å²) in [5.74, 6) is -0.251. The number of rotatable bonds is 6. The Labute approximate surface area is 112 Å². The van der Waals surface area contributed by atoms with E-state index in [0.29, 0.717) is 5.56 Å². The lowest BCUT2D eigenvalue weighted by atomic mass is 10.1. The molecule has 0 aromatic heterocycles. The fourth-order valence-corrected chi connectivity index (χ4v) is 2.04. The number of carboxylic acid groups (broad SMARTS) is 1. The summed E-state index contributed by atoms with van der Waals surface area (Å²) in [5.41, 5.74) is 0.696. The average Bonchev–Trinajstić information content (AvgIpc) is 3.20. The molecule has 1 saturated carbocycles. The number of nitrogens with one attached hydrogen (secondary N) is 1. The molecular weight excluding hydrogens is 242 g/mol. The van der Waals surface area contributed by atoms with E-state index in [0.717, 1.165) is 12.3 Å².